The standard InChI is InChI=1S/C16H23N3O/c17-12-3-1-4-14(11-12)18-13-6-8-15(9-7-13)19-10-2-5-16(19)20/h6-9,12,14,18H,1-5,10-11,17H2. The van der Waals surface area contributed by atoms with Gasteiger partial charge in [0.15, 0.2) is 0 Å². The van der Waals surface area contributed by atoms with Crippen LogP contribution < -0.4 is 16.0 Å². The molecule has 20 heavy (non-hydrogen) atoms. The van der Waals surface area contributed by atoms with E-state index < -0.39 is 0 Å². The zero-order valence-corrected chi connectivity index (χ0v) is 11.8. The Kier molecular flexibility index (Phi) is 3.92. The number of hydrogen-bond acceptors (Lipinski definition) is 3. The van der Waals surface area contributed by atoms with E-state index in [1.165, 1.54) is 12.8 Å². The lowest BCUT2D eigenvalue weighted by atomic mass is 9.91. The zero-order valence-electron chi connectivity index (χ0n) is 11.8. The summed E-state index contributed by atoms with van der Waals surface area (Å²) in [7, 11) is 0. The molecular weight excluding hydrogens is 250 g/mol. The van der Waals surface area contributed by atoms with Gasteiger partial charge < -0.3 is 16.0 Å². The Morgan fingerprint density at radius 3 is 2.60 bits per heavy atom. The Morgan fingerprint density at radius 2 is 1.95 bits per heavy atom. The fourth-order valence-electron chi connectivity index (χ4n) is 3.25. The summed E-state index contributed by atoms with van der Waals surface area (Å²) in [5, 5.41) is 3.56. The number of nitrogens with one attached hydrogen (secondary N) is 1. The van der Waals surface area contributed by atoms with Gasteiger partial charge in [0.2, 0.25) is 5.91 Å². The fraction of sp³-hybridized carbons (Fsp3) is 0.562. The molecule has 1 aromatic carbocycles. The Bertz CT molecular complexity index is 471. The maximum atomic E-state index is 11.7. The van der Waals surface area contributed by atoms with Crippen LogP contribution in [0.4, 0.5) is 11.4 Å². The summed E-state index contributed by atoms with van der Waals surface area (Å²) in [6.07, 6.45) is 6.25. The molecule has 1 saturated heterocycles. The van der Waals surface area contributed by atoms with E-state index in [1.807, 2.05) is 17.0 Å². The van der Waals surface area contributed by atoms with Crippen molar-refractivity contribution in [1.29, 1.82) is 0 Å². The highest BCUT2D eigenvalue weighted by molar-refractivity contribution is 5.95. The van der Waals surface area contributed by atoms with E-state index in [4.69, 9.17) is 5.73 Å². The van der Waals surface area contributed by atoms with E-state index in [-0.39, 0.29) is 5.91 Å². The average molecular weight is 273 g/mol. The van der Waals surface area contributed by atoms with Crippen LogP contribution in [0.3, 0.4) is 0 Å². The van der Waals surface area contributed by atoms with Crippen molar-refractivity contribution in [3.8, 4) is 0 Å². The predicted molar refractivity (Wildman–Crippen MR) is 81.9 cm³/mol. The topological polar surface area (TPSA) is 58.4 Å². The van der Waals surface area contributed by atoms with Crippen LogP contribution in [0.15, 0.2) is 24.3 Å². The van der Waals surface area contributed by atoms with Gasteiger partial charge in [0.1, 0.15) is 0 Å². The molecule has 0 aromatic heterocycles. The number of amides is 1. The van der Waals surface area contributed by atoms with Crippen LogP contribution in [-0.4, -0.2) is 24.5 Å². The molecule has 1 aromatic rings. The van der Waals surface area contributed by atoms with Crippen molar-refractivity contribution in [3.63, 3.8) is 0 Å². The minimum absolute atomic E-state index is 0.240. The molecule has 2 atom stereocenters. The highest BCUT2D eigenvalue weighted by atomic mass is 16.2. The Labute approximate surface area is 120 Å². The van der Waals surface area contributed by atoms with Crippen LogP contribution in [0.2, 0.25) is 0 Å². The van der Waals surface area contributed by atoms with Gasteiger partial charge in [-0.2, -0.15) is 0 Å². The normalized spacial score (nSPS) is 26.9. The number of nitrogens with zero attached hydrogens (tertiary/aromatic N) is 1. The molecule has 2 fully saturated rings. The molecule has 1 heterocycles. The largest absolute Gasteiger partial charge is 0.382 e. The van der Waals surface area contributed by atoms with Gasteiger partial charge in [-0.3, -0.25) is 4.79 Å². The van der Waals surface area contributed by atoms with Crippen molar-refractivity contribution in [3.05, 3.63) is 24.3 Å². The van der Waals surface area contributed by atoms with Gasteiger partial charge in [0.05, 0.1) is 0 Å². The van der Waals surface area contributed by atoms with Gasteiger partial charge >= 0.3 is 0 Å². The molecule has 3 N–H and O–H groups in total. The molecule has 1 amide bonds. The molecule has 108 valence electrons. The van der Waals surface area contributed by atoms with Gasteiger partial charge in [-0.05, 0) is 56.4 Å². The second-order valence-corrected chi connectivity index (χ2v) is 5.96. The van der Waals surface area contributed by atoms with Crippen molar-refractivity contribution >= 4 is 17.3 Å². The first kappa shape index (κ1) is 13.4. The van der Waals surface area contributed by atoms with Crippen LogP contribution in [0.25, 0.3) is 0 Å². The smallest absolute Gasteiger partial charge is 0.227 e. The number of anilines is 2. The molecule has 2 aliphatic rings. The summed E-state index contributed by atoms with van der Waals surface area (Å²) in [6.45, 7) is 0.850. The van der Waals surface area contributed by atoms with Crippen LogP contribution in [0.1, 0.15) is 38.5 Å². The monoisotopic (exact) mass is 273 g/mol. The maximum Gasteiger partial charge on any atom is 0.227 e. The Morgan fingerprint density at radius 1 is 1.15 bits per heavy atom. The van der Waals surface area contributed by atoms with Crippen molar-refractivity contribution < 1.29 is 4.79 Å². The van der Waals surface area contributed by atoms with Crippen LogP contribution in [-0.2, 0) is 4.79 Å². The molecule has 1 aliphatic heterocycles. The van der Waals surface area contributed by atoms with Gasteiger partial charge in [0, 0.05) is 36.4 Å². The third kappa shape index (κ3) is 2.96. The van der Waals surface area contributed by atoms with Gasteiger partial charge in [-0.15, -0.1) is 0 Å². The minimum atomic E-state index is 0.240. The average Bonchev–Trinajstić information content (AvgIpc) is 2.86. The third-order valence-electron chi connectivity index (χ3n) is 4.34. The lowest BCUT2D eigenvalue weighted by Gasteiger charge is -2.28. The molecule has 0 spiro atoms. The second kappa shape index (κ2) is 5.83. The molecular formula is C16H23N3O. The number of hydrogen-bond donors (Lipinski definition) is 2. The zero-order chi connectivity index (χ0) is 13.9. The van der Waals surface area contributed by atoms with Crippen LogP contribution in [0, 0.1) is 0 Å². The summed E-state index contributed by atoms with van der Waals surface area (Å²) < 4.78 is 0. The molecule has 4 heteroatoms. The van der Waals surface area contributed by atoms with E-state index in [0.29, 0.717) is 18.5 Å². The highest BCUT2D eigenvalue weighted by Crippen LogP contribution is 2.25. The number of nitrogens with two attached hydrogens (primary N) is 1. The predicted octanol–water partition coefficient (Wildman–Crippen LogP) is 2.50. The van der Waals surface area contributed by atoms with E-state index in [2.05, 4.69) is 17.4 Å². The minimum Gasteiger partial charge on any atom is -0.382 e. The lowest BCUT2D eigenvalue weighted by Crippen LogP contribution is -2.34. The van der Waals surface area contributed by atoms with Crippen molar-refractivity contribution in [2.75, 3.05) is 16.8 Å². The molecule has 3 rings (SSSR count). The van der Waals surface area contributed by atoms with E-state index in [1.54, 1.807) is 0 Å². The van der Waals surface area contributed by atoms with Gasteiger partial charge in [-0.25, -0.2) is 0 Å². The van der Waals surface area contributed by atoms with Crippen molar-refractivity contribution in [1.82, 2.24) is 0 Å². The summed E-state index contributed by atoms with van der Waals surface area (Å²) in [5.41, 5.74) is 8.15. The number of carbonyl (C=O) groups excluding carboxylic acids is 1. The quantitative estimate of drug-likeness (QED) is 0.889. The molecule has 1 aliphatic carbocycles. The lowest BCUT2D eigenvalue weighted by molar-refractivity contribution is -0.117. The number of benzene rings is 1. The summed E-state index contributed by atoms with van der Waals surface area (Å²) >= 11 is 0. The SMILES string of the molecule is NC1CCCC(Nc2ccc(N3CCCC3=O)cc2)C1. The van der Waals surface area contributed by atoms with Gasteiger partial charge in [-0.1, -0.05) is 0 Å². The summed E-state index contributed by atoms with van der Waals surface area (Å²) in [6, 6.07) is 9.03. The molecule has 0 bridgehead atoms. The van der Waals surface area contributed by atoms with Crippen LogP contribution in [0.5, 0.6) is 0 Å². The summed E-state index contributed by atoms with van der Waals surface area (Å²) in [4.78, 5) is 13.6. The number of carbonyl (C=O) groups is 1. The first-order valence-corrected chi connectivity index (χ1v) is 7.65. The first-order chi connectivity index (χ1) is 9.72. The molecule has 2 unspecified atom stereocenters. The number of rotatable bonds is 3. The molecule has 1 saturated carbocycles. The van der Waals surface area contributed by atoms with Crippen LogP contribution >= 0.6 is 0 Å². The Hall–Kier alpha value is -1.55. The third-order valence-corrected chi connectivity index (χ3v) is 4.34. The Balaban J connectivity index is 1.62. The maximum absolute atomic E-state index is 11.7. The highest BCUT2D eigenvalue weighted by Gasteiger charge is 2.22. The van der Waals surface area contributed by atoms with E-state index >= 15 is 0 Å². The second-order valence-electron chi connectivity index (χ2n) is 5.96. The van der Waals surface area contributed by atoms with Gasteiger partial charge in [0.25, 0.3) is 0 Å². The molecule has 0 radical (unpaired) electrons. The fourth-order valence-corrected chi connectivity index (χ4v) is 3.25. The van der Waals surface area contributed by atoms with E-state index in [9.17, 15) is 4.79 Å². The van der Waals surface area contributed by atoms with Crippen molar-refractivity contribution in [2.24, 2.45) is 5.73 Å². The summed E-state index contributed by atoms with van der Waals surface area (Å²) in [5.74, 6) is 0.240. The van der Waals surface area contributed by atoms with Crippen molar-refractivity contribution in [2.45, 2.75) is 50.6 Å². The first-order valence-electron chi connectivity index (χ1n) is 7.65. The van der Waals surface area contributed by atoms with E-state index in [0.717, 1.165) is 37.2 Å². The molecule has 4 nitrogen and oxygen atoms in total.